The summed E-state index contributed by atoms with van der Waals surface area (Å²) in [6.07, 6.45) is 0.478. The Hall–Kier alpha value is -1.63. The predicted molar refractivity (Wildman–Crippen MR) is 82.5 cm³/mol. The van der Waals surface area contributed by atoms with Gasteiger partial charge in [0.15, 0.2) is 0 Å². The van der Waals surface area contributed by atoms with Gasteiger partial charge in [-0.25, -0.2) is 0 Å². The lowest BCUT2D eigenvalue weighted by molar-refractivity contribution is -0.136. The van der Waals surface area contributed by atoms with Crippen LogP contribution >= 0.6 is 0 Å². The first kappa shape index (κ1) is 16.7. The Morgan fingerprint density at radius 1 is 1.41 bits per heavy atom. The molecule has 1 fully saturated rings. The monoisotopic (exact) mass is 308 g/mol. The van der Waals surface area contributed by atoms with E-state index < -0.39 is 11.5 Å². The minimum Gasteiger partial charge on any atom is -0.497 e. The number of amides is 1. The quantitative estimate of drug-likeness (QED) is 0.715. The van der Waals surface area contributed by atoms with E-state index in [1.54, 1.807) is 31.4 Å². The van der Waals surface area contributed by atoms with Crippen LogP contribution in [-0.4, -0.2) is 44.4 Å². The van der Waals surface area contributed by atoms with Crippen LogP contribution < -0.4 is 15.8 Å². The van der Waals surface area contributed by atoms with Gasteiger partial charge in [-0.15, -0.1) is 0 Å². The van der Waals surface area contributed by atoms with E-state index in [1.807, 2.05) is 0 Å². The summed E-state index contributed by atoms with van der Waals surface area (Å²) in [5.74, 6) is 0.620. The smallest absolute Gasteiger partial charge is 0.227 e. The van der Waals surface area contributed by atoms with Gasteiger partial charge in [0, 0.05) is 26.3 Å². The summed E-state index contributed by atoms with van der Waals surface area (Å²) in [7, 11) is 1.59. The third kappa shape index (κ3) is 3.76. The van der Waals surface area contributed by atoms with Crippen molar-refractivity contribution in [3.05, 3.63) is 29.8 Å². The van der Waals surface area contributed by atoms with E-state index in [0.717, 1.165) is 11.3 Å². The summed E-state index contributed by atoms with van der Waals surface area (Å²) >= 11 is 0. The number of carbonyl (C=O) groups excluding carboxylic acids is 1. The lowest BCUT2D eigenvalue weighted by Crippen LogP contribution is -2.49. The second-order valence-electron chi connectivity index (χ2n) is 5.60. The van der Waals surface area contributed by atoms with Crippen LogP contribution in [0.4, 0.5) is 0 Å². The van der Waals surface area contributed by atoms with Crippen LogP contribution in [0.5, 0.6) is 5.75 Å². The number of aliphatic hydroxyl groups is 1. The van der Waals surface area contributed by atoms with Crippen LogP contribution in [-0.2, 0) is 9.53 Å². The van der Waals surface area contributed by atoms with Gasteiger partial charge >= 0.3 is 0 Å². The molecule has 0 aliphatic carbocycles. The summed E-state index contributed by atoms with van der Waals surface area (Å²) in [5.41, 5.74) is 5.96. The van der Waals surface area contributed by atoms with Gasteiger partial charge in [0.1, 0.15) is 5.75 Å². The van der Waals surface area contributed by atoms with Crippen molar-refractivity contribution in [2.75, 3.05) is 33.4 Å². The van der Waals surface area contributed by atoms with E-state index in [1.165, 1.54) is 0 Å². The molecule has 1 aromatic rings. The fraction of sp³-hybridized carbons (Fsp3) is 0.562. The molecule has 1 amide bonds. The van der Waals surface area contributed by atoms with Crippen molar-refractivity contribution in [3.8, 4) is 5.75 Å². The van der Waals surface area contributed by atoms with E-state index in [0.29, 0.717) is 32.6 Å². The minimum absolute atomic E-state index is 0.106. The Morgan fingerprint density at radius 3 is 2.59 bits per heavy atom. The van der Waals surface area contributed by atoms with Crippen LogP contribution in [0, 0.1) is 5.41 Å². The third-order valence-electron chi connectivity index (χ3n) is 4.28. The van der Waals surface area contributed by atoms with E-state index >= 15 is 0 Å². The zero-order valence-corrected chi connectivity index (χ0v) is 12.9. The fourth-order valence-corrected chi connectivity index (χ4v) is 2.61. The van der Waals surface area contributed by atoms with Gasteiger partial charge in [0.25, 0.3) is 0 Å². The first-order valence-corrected chi connectivity index (χ1v) is 7.49. The van der Waals surface area contributed by atoms with Crippen molar-refractivity contribution < 1.29 is 19.4 Å². The molecule has 1 aliphatic heterocycles. The first-order chi connectivity index (χ1) is 10.6. The number of benzene rings is 1. The van der Waals surface area contributed by atoms with Crippen LogP contribution in [0.25, 0.3) is 0 Å². The molecule has 0 radical (unpaired) electrons. The molecular formula is C16H24N2O4. The van der Waals surface area contributed by atoms with Crippen LogP contribution in [0.1, 0.15) is 24.5 Å². The van der Waals surface area contributed by atoms with Gasteiger partial charge in [0.2, 0.25) is 5.91 Å². The van der Waals surface area contributed by atoms with E-state index in [4.69, 9.17) is 15.2 Å². The molecule has 4 N–H and O–H groups in total. The van der Waals surface area contributed by atoms with Crippen molar-refractivity contribution >= 4 is 5.91 Å². The zero-order chi connectivity index (χ0) is 16.0. The van der Waals surface area contributed by atoms with Gasteiger partial charge < -0.3 is 25.6 Å². The van der Waals surface area contributed by atoms with Crippen LogP contribution in [0.15, 0.2) is 24.3 Å². The normalized spacial score (nSPS) is 18.5. The molecule has 6 heteroatoms. The average molecular weight is 308 g/mol. The molecule has 22 heavy (non-hydrogen) atoms. The van der Waals surface area contributed by atoms with Crippen molar-refractivity contribution in [3.63, 3.8) is 0 Å². The molecule has 0 bridgehead atoms. The third-order valence-corrected chi connectivity index (χ3v) is 4.28. The molecule has 0 aromatic heterocycles. The zero-order valence-electron chi connectivity index (χ0n) is 12.9. The molecule has 1 aromatic carbocycles. The molecule has 2 rings (SSSR count). The lowest BCUT2D eigenvalue weighted by atomic mass is 9.79. The van der Waals surface area contributed by atoms with Crippen LogP contribution in [0.2, 0.25) is 0 Å². The van der Waals surface area contributed by atoms with Gasteiger partial charge in [0.05, 0.1) is 18.6 Å². The molecule has 1 aliphatic rings. The molecular weight excluding hydrogens is 284 g/mol. The maximum absolute atomic E-state index is 12.4. The number of nitrogens with two attached hydrogens (primary N) is 1. The molecule has 122 valence electrons. The fourth-order valence-electron chi connectivity index (χ4n) is 2.61. The SMILES string of the molecule is COc1ccc(C(O)CNC(=O)C2(CN)CCOCC2)cc1. The number of aliphatic hydroxyl groups excluding tert-OH is 1. The first-order valence-electron chi connectivity index (χ1n) is 7.49. The Bertz CT molecular complexity index is 483. The maximum atomic E-state index is 12.4. The molecule has 0 spiro atoms. The highest BCUT2D eigenvalue weighted by atomic mass is 16.5. The Balaban J connectivity index is 1.91. The summed E-state index contributed by atoms with van der Waals surface area (Å²) in [6.45, 7) is 1.55. The summed E-state index contributed by atoms with van der Waals surface area (Å²) in [4.78, 5) is 12.4. The van der Waals surface area contributed by atoms with Crippen molar-refractivity contribution in [2.45, 2.75) is 18.9 Å². The molecule has 1 atom stereocenters. The molecule has 0 saturated carbocycles. The highest BCUT2D eigenvalue weighted by Gasteiger charge is 2.38. The number of ether oxygens (including phenoxy) is 2. The van der Waals surface area contributed by atoms with Gasteiger partial charge in [-0.2, -0.15) is 0 Å². The largest absolute Gasteiger partial charge is 0.497 e. The molecule has 6 nitrogen and oxygen atoms in total. The summed E-state index contributed by atoms with van der Waals surface area (Å²) in [5, 5.41) is 13.0. The Morgan fingerprint density at radius 2 is 2.05 bits per heavy atom. The lowest BCUT2D eigenvalue weighted by Gasteiger charge is -2.34. The van der Waals surface area contributed by atoms with E-state index in [9.17, 15) is 9.90 Å². The number of nitrogens with one attached hydrogen (secondary N) is 1. The Labute approximate surface area is 130 Å². The summed E-state index contributed by atoms with van der Waals surface area (Å²) in [6, 6.07) is 7.12. The van der Waals surface area contributed by atoms with Crippen LogP contribution in [0.3, 0.4) is 0 Å². The predicted octanol–water partition coefficient (Wildman–Crippen LogP) is 0.600. The van der Waals surface area contributed by atoms with E-state index in [-0.39, 0.29) is 12.5 Å². The van der Waals surface area contributed by atoms with Gasteiger partial charge in [-0.3, -0.25) is 4.79 Å². The second-order valence-corrected chi connectivity index (χ2v) is 5.60. The van der Waals surface area contributed by atoms with Crippen molar-refractivity contribution in [1.82, 2.24) is 5.32 Å². The average Bonchev–Trinajstić information content (AvgIpc) is 2.59. The van der Waals surface area contributed by atoms with Gasteiger partial charge in [-0.1, -0.05) is 12.1 Å². The highest BCUT2D eigenvalue weighted by Crippen LogP contribution is 2.29. The van der Waals surface area contributed by atoms with Gasteiger partial charge in [-0.05, 0) is 30.5 Å². The number of hydrogen-bond donors (Lipinski definition) is 3. The Kier molecular flexibility index (Phi) is 5.76. The molecule has 1 saturated heterocycles. The number of hydrogen-bond acceptors (Lipinski definition) is 5. The maximum Gasteiger partial charge on any atom is 0.227 e. The summed E-state index contributed by atoms with van der Waals surface area (Å²) < 4.78 is 10.4. The number of carbonyl (C=O) groups is 1. The second kappa shape index (κ2) is 7.58. The van der Waals surface area contributed by atoms with E-state index in [2.05, 4.69) is 5.32 Å². The molecule has 1 heterocycles. The van der Waals surface area contributed by atoms with Crippen molar-refractivity contribution in [1.29, 1.82) is 0 Å². The number of methoxy groups -OCH3 is 1. The number of rotatable bonds is 6. The van der Waals surface area contributed by atoms with Crippen molar-refractivity contribution in [2.24, 2.45) is 11.1 Å². The minimum atomic E-state index is -0.760. The molecule has 1 unspecified atom stereocenters. The standard InChI is InChI=1S/C16H24N2O4/c1-21-13-4-2-12(3-5-13)14(19)10-18-15(20)16(11-17)6-8-22-9-7-16/h2-5,14,19H,6-11,17H2,1H3,(H,18,20). The topological polar surface area (TPSA) is 93.8 Å². The highest BCUT2D eigenvalue weighted by molar-refractivity contribution is 5.83.